The Labute approximate surface area is 257 Å². The van der Waals surface area contributed by atoms with Crippen molar-refractivity contribution in [2.75, 3.05) is 0 Å². The summed E-state index contributed by atoms with van der Waals surface area (Å²) in [4.78, 5) is 11.4. The van der Waals surface area contributed by atoms with E-state index in [2.05, 4.69) is 20.8 Å². The van der Waals surface area contributed by atoms with Gasteiger partial charge in [-0.05, 0) is 58.4 Å². The SMILES string of the molecule is CCCCCCCC(O)C(O)CCCCC[C@H](O)[C@@H]1CC[C@@H](C)O1.CCCCCCCC[C@@H](O)CC1=C[C@H](C)OC1=O. The van der Waals surface area contributed by atoms with Crippen molar-refractivity contribution in [3.63, 3.8) is 0 Å². The zero-order valence-electron chi connectivity index (χ0n) is 27.5. The van der Waals surface area contributed by atoms with Gasteiger partial charge in [-0.2, -0.15) is 0 Å². The normalized spacial score (nSPS) is 23.1. The molecule has 248 valence electrons. The van der Waals surface area contributed by atoms with Crippen LogP contribution in [0.1, 0.15) is 163 Å². The summed E-state index contributed by atoms with van der Waals surface area (Å²) in [7, 11) is 0. The number of carbonyl (C=O) groups excluding carboxylic acids is 1. The lowest BCUT2D eigenvalue weighted by Crippen LogP contribution is -2.26. The highest BCUT2D eigenvalue weighted by Gasteiger charge is 2.28. The van der Waals surface area contributed by atoms with E-state index in [9.17, 15) is 25.2 Å². The van der Waals surface area contributed by atoms with E-state index in [1.54, 1.807) is 0 Å². The minimum atomic E-state index is -0.597. The average Bonchev–Trinajstić information content (AvgIpc) is 3.53. The molecule has 0 amide bonds. The molecule has 7 heteroatoms. The summed E-state index contributed by atoms with van der Waals surface area (Å²) in [6, 6.07) is 0. The Morgan fingerprint density at radius 2 is 1.21 bits per heavy atom. The second-order valence-electron chi connectivity index (χ2n) is 12.8. The van der Waals surface area contributed by atoms with Crippen molar-refractivity contribution in [1.82, 2.24) is 0 Å². The Hall–Kier alpha value is -0.990. The molecule has 0 saturated carbocycles. The second kappa shape index (κ2) is 24.3. The maximum absolute atomic E-state index is 11.4. The van der Waals surface area contributed by atoms with E-state index >= 15 is 0 Å². The molecule has 0 radical (unpaired) electrons. The monoisotopic (exact) mass is 598 g/mol. The summed E-state index contributed by atoms with van der Waals surface area (Å²) in [5.41, 5.74) is 0.640. The quantitative estimate of drug-likeness (QED) is 0.0720. The largest absolute Gasteiger partial charge is 0.455 e. The predicted molar refractivity (Wildman–Crippen MR) is 170 cm³/mol. The molecule has 1 saturated heterocycles. The number of carbonyl (C=O) groups is 1. The third-order valence-corrected chi connectivity index (χ3v) is 8.58. The van der Waals surface area contributed by atoms with Crippen LogP contribution in [0.15, 0.2) is 11.6 Å². The number of aliphatic hydroxyl groups excluding tert-OH is 4. The summed E-state index contributed by atoms with van der Waals surface area (Å²) in [5, 5.41) is 40.0. The van der Waals surface area contributed by atoms with Gasteiger partial charge in [-0.15, -0.1) is 0 Å². The average molecular weight is 599 g/mol. The molecule has 0 spiro atoms. The first-order chi connectivity index (χ1) is 20.2. The van der Waals surface area contributed by atoms with Gasteiger partial charge in [0.15, 0.2) is 0 Å². The number of aliphatic hydroxyl groups is 4. The smallest absolute Gasteiger partial charge is 0.334 e. The fourth-order valence-electron chi connectivity index (χ4n) is 5.83. The minimum absolute atomic E-state index is 0.0140. The molecule has 4 N–H and O–H groups in total. The number of unbranched alkanes of at least 4 members (excludes halogenated alkanes) is 11. The molecule has 7 nitrogen and oxygen atoms in total. The van der Waals surface area contributed by atoms with Crippen molar-refractivity contribution in [2.45, 2.75) is 205 Å². The van der Waals surface area contributed by atoms with Gasteiger partial charge in [0, 0.05) is 12.0 Å². The first-order valence-electron chi connectivity index (χ1n) is 17.5. The molecule has 42 heavy (non-hydrogen) atoms. The molecule has 0 aliphatic carbocycles. The number of ether oxygens (including phenoxy) is 2. The van der Waals surface area contributed by atoms with Crippen molar-refractivity contribution >= 4 is 5.97 Å². The summed E-state index contributed by atoms with van der Waals surface area (Å²) >= 11 is 0. The molecular formula is C35H66O7. The van der Waals surface area contributed by atoms with Crippen LogP contribution in [-0.2, 0) is 14.3 Å². The minimum Gasteiger partial charge on any atom is -0.455 e. The molecule has 0 aromatic heterocycles. The Balaban J connectivity index is 0.000000437. The van der Waals surface area contributed by atoms with Gasteiger partial charge in [0.2, 0.25) is 0 Å². The molecule has 2 aliphatic heterocycles. The van der Waals surface area contributed by atoms with Crippen molar-refractivity contribution in [2.24, 2.45) is 0 Å². The van der Waals surface area contributed by atoms with Gasteiger partial charge in [-0.1, -0.05) is 104 Å². The first kappa shape index (κ1) is 39.0. The van der Waals surface area contributed by atoms with Crippen LogP contribution in [0.25, 0.3) is 0 Å². The van der Waals surface area contributed by atoms with Crippen molar-refractivity contribution in [3.8, 4) is 0 Å². The highest BCUT2D eigenvalue weighted by atomic mass is 16.5. The molecule has 0 bridgehead atoms. The Bertz CT molecular complexity index is 697. The molecule has 7 atom stereocenters. The standard InChI is InChI=1S/C20H40O4.C15H26O3/c1-3-4-5-6-8-11-17(21)18(22)12-9-7-10-13-19(23)20-15-14-16(2)24-20;1-3-4-5-6-7-8-9-14(16)11-13-10-12(2)18-15(13)17/h16-23H,3-15H2,1-2H3;10,12,14,16H,3-9,11H2,1-2H3/t16-,17?,18?,19+,20+;12-,14+/m10/s1. The molecule has 2 rings (SSSR count). The molecular weight excluding hydrogens is 532 g/mol. The van der Waals surface area contributed by atoms with Crippen LogP contribution >= 0.6 is 0 Å². The fourth-order valence-corrected chi connectivity index (χ4v) is 5.83. The van der Waals surface area contributed by atoms with E-state index in [0.29, 0.717) is 24.8 Å². The zero-order valence-corrected chi connectivity index (χ0v) is 27.5. The van der Waals surface area contributed by atoms with Gasteiger partial charge < -0.3 is 29.9 Å². The van der Waals surface area contributed by atoms with Crippen molar-refractivity contribution < 1.29 is 34.7 Å². The van der Waals surface area contributed by atoms with Crippen LogP contribution in [0, 0.1) is 0 Å². The Morgan fingerprint density at radius 3 is 1.71 bits per heavy atom. The van der Waals surface area contributed by atoms with E-state index in [1.807, 2.05) is 13.0 Å². The highest BCUT2D eigenvalue weighted by Crippen LogP contribution is 2.24. The van der Waals surface area contributed by atoms with Gasteiger partial charge in [0.25, 0.3) is 0 Å². The lowest BCUT2D eigenvalue weighted by Gasteiger charge is -2.19. The van der Waals surface area contributed by atoms with Gasteiger partial charge in [0.05, 0.1) is 36.6 Å². The van der Waals surface area contributed by atoms with Crippen LogP contribution in [-0.4, -0.2) is 69.1 Å². The van der Waals surface area contributed by atoms with Crippen LogP contribution in [0.3, 0.4) is 0 Å². The molecule has 1 fully saturated rings. The van der Waals surface area contributed by atoms with E-state index in [0.717, 1.165) is 64.2 Å². The van der Waals surface area contributed by atoms with Crippen molar-refractivity contribution in [1.29, 1.82) is 0 Å². The van der Waals surface area contributed by atoms with E-state index in [4.69, 9.17) is 9.47 Å². The summed E-state index contributed by atoms with van der Waals surface area (Å²) in [5.74, 6) is -0.260. The van der Waals surface area contributed by atoms with Gasteiger partial charge >= 0.3 is 5.97 Å². The predicted octanol–water partition coefficient (Wildman–Crippen LogP) is 7.31. The number of hydrogen-bond donors (Lipinski definition) is 4. The number of hydrogen-bond acceptors (Lipinski definition) is 7. The highest BCUT2D eigenvalue weighted by molar-refractivity contribution is 5.90. The van der Waals surface area contributed by atoms with Gasteiger partial charge in [0.1, 0.15) is 6.10 Å². The molecule has 2 unspecified atom stereocenters. The third-order valence-electron chi connectivity index (χ3n) is 8.58. The maximum Gasteiger partial charge on any atom is 0.334 e. The Kier molecular flexibility index (Phi) is 22.6. The lowest BCUT2D eigenvalue weighted by atomic mass is 9.99. The summed E-state index contributed by atoms with van der Waals surface area (Å²) in [6.07, 6.45) is 21.5. The van der Waals surface area contributed by atoms with Crippen LogP contribution in [0.5, 0.6) is 0 Å². The van der Waals surface area contributed by atoms with Gasteiger partial charge in [-0.3, -0.25) is 0 Å². The molecule has 0 aromatic carbocycles. The Morgan fingerprint density at radius 1 is 0.714 bits per heavy atom. The van der Waals surface area contributed by atoms with Crippen LogP contribution in [0.2, 0.25) is 0 Å². The van der Waals surface area contributed by atoms with Crippen molar-refractivity contribution in [3.05, 3.63) is 11.6 Å². The molecule has 2 aliphatic rings. The lowest BCUT2D eigenvalue weighted by molar-refractivity contribution is -0.139. The molecule has 2 heterocycles. The molecule has 0 aromatic rings. The summed E-state index contributed by atoms with van der Waals surface area (Å²) in [6.45, 7) is 8.30. The summed E-state index contributed by atoms with van der Waals surface area (Å²) < 4.78 is 10.7. The van der Waals surface area contributed by atoms with Crippen LogP contribution in [0.4, 0.5) is 0 Å². The van der Waals surface area contributed by atoms with E-state index in [-0.39, 0.29) is 30.4 Å². The van der Waals surface area contributed by atoms with Crippen LogP contribution < -0.4 is 0 Å². The van der Waals surface area contributed by atoms with E-state index < -0.39 is 18.3 Å². The first-order valence-corrected chi connectivity index (χ1v) is 17.5. The third kappa shape index (κ3) is 18.6. The van der Waals surface area contributed by atoms with Gasteiger partial charge in [-0.25, -0.2) is 4.79 Å². The number of rotatable bonds is 23. The van der Waals surface area contributed by atoms with E-state index in [1.165, 1.54) is 51.4 Å². The topological polar surface area (TPSA) is 116 Å². The fraction of sp³-hybridized carbons (Fsp3) is 0.914. The number of esters is 1. The second-order valence-corrected chi connectivity index (χ2v) is 12.8. The zero-order chi connectivity index (χ0) is 31.2. The number of cyclic esters (lactones) is 1. The maximum atomic E-state index is 11.4.